The summed E-state index contributed by atoms with van der Waals surface area (Å²) in [4.78, 5) is 13.7. The van der Waals surface area contributed by atoms with Gasteiger partial charge in [-0.15, -0.1) is 6.58 Å². The summed E-state index contributed by atoms with van der Waals surface area (Å²) in [6.45, 7) is 4.59. The van der Waals surface area contributed by atoms with Crippen LogP contribution in [0.5, 0.6) is 0 Å². The van der Waals surface area contributed by atoms with E-state index in [0.29, 0.717) is 5.56 Å². The number of benzene rings is 1. The molecule has 0 amide bonds. The van der Waals surface area contributed by atoms with Crippen molar-refractivity contribution in [2.45, 2.75) is 12.8 Å². The normalized spacial score (nSPS) is 9.76. The summed E-state index contributed by atoms with van der Waals surface area (Å²) >= 11 is 0. The fourth-order valence-electron chi connectivity index (χ4n) is 1.68. The first-order valence-electron chi connectivity index (χ1n) is 5.70. The van der Waals surface area contributed by atoms with Crippen LogP contribution in [0.25, 0.3) is 0 Å². The van der Waals surface area contributed by atoms with Crippen LogP contribution in [-0.4, -0.2) is 26.7 Å². The molecule has 0 bridgehead atoms. The van der Waals surface area contributed by atoms with E-state index in [1.165, 1.54) is 7.11 Å². The monoisotopic (exact) mass is 233 g/mol. The number of hydrogen-bond acceptors (Lipinski definition) is 3. The quantitative estimate of drug-likeness (QED) is 0.430. The number of hydrogen-bond donors (Lipinski definition) is 0. The smallest absolute Gasteiger partial charge is 0.339 e. The molecule has 0 heterocycles. The fraction of sp³-hybridized carbons (Fsp3) is 0.357. The summed E-state index contributed by atoms with van der Waals surface area (Å²) in [6, 6.07) is 7.48. The summed E-state index contributed by atoms with van der Waals surface area (Å²) in [5, 5.41) is 0. The number of carbonyl (C=O) groups excluding carboxylic acids is 1. The minimum atomic E-state index is -0.295. The van der Waals surface area contributed by atoms with E-state index >= 15 is 0 Å². The molecule has 0 aromatic heterocycles. The van der Waals surface area contributed by atoms with Crippen LogP contribution in [0.15, 0.2) is 36.9 Å². The van der Waals surface area contributed by atoms with Crippen molar-refractivity contribution in [1.82, 2.24) is 0 Å². The summed E-state index contributed by atoms with van der Waals surface area (Å²) < 4.78 is 4.77. The fourth-order valence-corrected chi connectivity index (χ4v) is 1.68. The number of esters is 1. The molecule has 3 heteroatoms. The van der Waals surface area contributed by atoms with Crippen LogP contribution in [0.2, 0.25) is 0 Å². The van der Waals surface area contributed by atoms with E-state index in [1.807, 2.05) is 31.3 Å². The minimum absolute atomic E-state index is 0.295. The lowest BCUT2D eigenvalue weighted by Crippen LogP contribution is -2.21. The van der Waals surface area contributed by atoms with Gasteiger partial charge in [0.1, 0.15) is 0 Å². The van der Waals surface area contributed by atoms with Gasteiger partial charge in [0.05, 0.1) is 18.4 Å². The Labute approximate surface area is 103 Å². The van der Waals surface area contributed by atoms with Gasteiger partial charge in [0.25, 0.3) is 0 Å². The first-order valence-corrected chi connectivity index (χ1v) is 5.70. The molecule has 17 heavy (non-hydrogen) atoms. The van der Waals surface area contributed by atoms with Crippen LogP contribution >= 0.6 is 0 Å². The standard InChI is InChI=1S/C14H19NO2/c1-4-5-8-11-15(2)13-10-7-6-9-12(13)14(16)17-3/h4,6-7,9-10H,1,5,8,11H2,2-3H3. The number of rotatable bonds is 6. The molecule has 1 aromatic carbocycles. The third-order valence-electron chi connectivity index (χ3n) is 2.62. The van der Waals surface area contributed by atoms with Crippen LogP contribution in [-0.2, 0) is 4.74 Å². The maximum atomic E-state index is 11.6. The van der Waals surface area contributed by atoms with Crippen LogP contribution in [0.4, 0.5) is 5.69 Å². The third kappa shape index (κ3) is 3.63. The number of carbonyl (C=O) groups is 1. The molecule has 0 aliphatic heterocycles. The van der Waals surface area contributed by atoms with Gasteiger partial charge in [0.15, 0.2) is 0 Å². The van der Waals surface area contributed by atoms with E-state index in [4.69, 9.17) is 4.74 Å². The van der Waals surface area contributed by atoms with Crippen molar-refractivity contribution in [2.24, 2.45) is 0 Å². The number of methoxy groups -OCH3 is 1. The topological polar surface area (TPSA) is 29.5 Å². The van der Waals surface area contributed by atoms with Gasteiger partial charge in [-0.05, 0) is 25.0 Å². The highest BCUT2D eigenvalue weighted by atomic mass is 16.5. The van der Waals surface area contributed by atoms with Gasteiger partial charge in [-0.3, -0.25) is 0 Å². The predicted molar refractivity (Wildman–Crippen MR) is 70.5 cm³/mol. The van der Waals surface area contributed by atoms with E-state index in [1.54, 1.807) is 6.07 Å². The summed E-state index contributed by atoms with van der Waals surface area (Å²) in [7, 11) is 3.38. The van der Waals surface area contributed by atoms with Gasteiger partial charge < -0.3 is 9.64 Å². The van der Waals surface area contributed by atoms with Gasteiger partial charge in [-0.1, -0.05) is 18.2 Å². The average molecular weight is 233 g/mol. The SMILES string of the molecule is C=CCCCN(C)c1ccccc1C(=O)OC. The first kappa shape index (κ1) is 13.3. The van der Waals surface area contributed by atoms with E-state index < -0.39 is 0 Å². The highest BCUT2D eigenvalue weighted by molar-refractivity contribution is 5.95. The molecular formula is C14H19NO2. The van der Waals surface area contributed by atoms with Gasteiger partial charge in [0, 0.05) is 13.6 Å². The second-order valence-corrected chi connectivity index (χ2v) is 3.86. The number of anilines is 1. The zero-order valence-electron chi connectivity index (χ0n) is 10.5. The number of ether oxygens (including phenoxy) is 1. The molecule has 92 valence electrons. The van der Waals surface area contributed by atoms with Crippen molar-refractivity contribution < 1.29 is 9.53 Å². The molecule has 0 fully saturated rings. The van der Waals surface area contributed by atoms with Crippen LogP contribution in [0.1, 0.15) is 23.2 Å². The van der Waals surface area contributed by atoms with E-state index in [0.717, 1.165) is 25.1 Å². The molecule has 0 aliphatic carbocycles. The average Bonchev–Trinajstić information content (AvgIpc) is 2.38. The van der Waals surface area contributed by atoms with E-state index in [2.05, 4.69) is 11.5 Å². The molecule has 0 atom stereocenters. The van der Waals surface area contributed by atoms with Crippen molar-refractivity contribution in [3.63, 3.8) is 0 Å². The number of nitrogens with zero attached hydrogens (tertiary/aromatic N) is 1. The Balaban J connectivity index is 2.81. The lowest BCUT2D eigenvalue weighted by atomic mass is 10.1. The molecule has 1 aromatic rings. The third-order valence-corrected chi connectivity index (χ3v) is 2.62. The Hall–Kier alpha value is -1.77. The second kappa shape index (κ2) is 6.74. The van der Waals surface area contributed by atoms with Gasteiger partial charge >= 0.3 is 5.97 Å². The summed E-state index contributed by atoms with van der Waals surface area (Å²) in [5.41, 5.74) is 1.51. The second-order valence-electron chi connectivity index (χ2n) is 3.86. The maximum Gasteiger partial charge on any atom is 0.339 e. The summed E-state index contributed by atoms with van der Waals surface area (Å²) in [6.07, 6.45) is 3.90. The molecule has 0 saturated carbocycles. The molecule has 0 spiro atoms. The van der Waals surface area contributed by atoms with Crippen LogP contribution < -0.4 is 4.90 Å². The largest absolute Gasteiger partial charge is 0.465 e. The molecule has 0 N–H and O–H groups in total. The molecule has 0 aliphatic rings. The molecule has 0 saturated heterocycles. The van der Waals surface area contributed by atoms with E-state index in [9.17, 15) is 4.79 Å². The lowest BCUT2D eigenvalue weighted by molar-refractivity contribution is 0.0601. The Morgan fingerprint density at radius 1 is 1.47 bits per heavy atom. The molecular weight excluding hydrogens is 214 g/mol. The highest BCUT2D eigenvalue weighted by Gasteiger charge is 2.13. The van der Waals surface area contributed by atoms with Gasteiger partial charge in [0.2, 0.25) is 0 Å². The van der Waals surface area contributed by atoms with Crippen molar-refractivity contribution in [1.29, 1.82) is 0 Å². The van der Waals surface area contributed by atoms with Crippen molar-refractivity contribution >= 4 is 11.7 Å². The minimum Gasteiger partial charge on any atom is -0.465 e. The maximum absolute atomic E-state index is 11.6. The van der Waals surface area contributed by atoms with Gasteiger partial charge in [-0.25, -0.2) is 4.79 Å². The number of para-hydroxylation sites is 1. The Morgan fingerprint density at radius 2 is 2.18 bits per heavy atom. The molecule has 0 radical (unpaired) electrons. The zero-order valence-corrected chi connectivity index (χ0v) is 10.5. The summed E-state index contributed by atoms with van der Waals surface area (Å²) in [5.74, 6) is -0.295. The van der Waals surface area contributed by atoms with Crippen LogP contribution in [0.3, 0.4) is 0 Å². The number of unbranched alkanes of at least 4 members (excludes halogenated alkanes) is 1. The Bertz CT molecular complexity index is 388. The lowest BCUT2D eigenvalue weighted by Gasteiger charge is -2.21. The Kier molecular flexibility index (Phi) is 5.27. The van der Waals surface area contributed by atoms with Crippen molar-refractivity contribution in [3.8, 4) is 0 Å². The predicted octanol–water partition coefficient (Wildman–Crippen LogP) is 2.88. The molecule has 0 unspecified atom stereocenters. The Morgan fingerprint density at radius 3 is 2.82 bits per heavy atom. The number of allylic oxidation sites excluding steroid dienone is 1. The highest BCUT2D eigenvalue weighted by Crippen LogP contribution is 2.20. The first-order chi connectivity index (χ1) is 8.20. The zero-order chi connectivity index (χ0) is 12.7. The van der Waals surface area contributed by atoms with E-state index in [-0.39, 0.29) is 5.97 Å². The van der Waals surface area contributed by atoms with Gasteiger partial charge in [-0.2, -0.15) is 0 Å². The van der Waals surface area contributed by atoms with Crippen molar-refractivity contribution in [3.05, 3.63) is 42.5 Å². The molecule has 3 nitrogen and oxygen atoms in total. The van der Waals surface area contributed by atoms with Crippen molar-refractivity contribution in [2.75, 3.05) is 25.6 Å². The molecule has 1 rings (SSSR count). The van der Waals surface area contributed by atoms with Crippen LogP contribution in [0, 0.1) is 0 Å².